The molecule has 122 heavy (non-hydrogen) atoms. The summed E-state index contributed by atoms with van der Waals surface area (Å²) in [5.74, 6) is 11.5. The number of likely N-dealkylation sites (tertiary alicyclic amines) is 10. The van der Waals surface area contributed by atoms with E-state index in [0.717, 1.165) is 138 Å². The van der Waals surface area contributed by atoms with Crippen molar-refractivity contribution in [2.75, 3.05) is 185 Å². The van der Waals surface area contributed by atoms with Crippen molar-refractivity contribution in [2.45, 2.75) is 411 Å². The van der Waals surface area contributed by atoms with Crippen LogP contribution >= 0.6 is 0 Å². The molecule has 9 unspecified atom stereocenters. The topological polar surface area (TPSA) is 100 Å². The lowest BCUT2D eigenvalue weighted by Crippen LogP contribution is -2.50. The minimum atomic E-state index is 0.362. The van der Waals surface area contributed by atoms with Gasteiger partial charge in [-0.3, -0.25) is 24.5 Å². The molecule has 11 fully saturated rings. The van der Waals surface area contributed by atoms with E-state index in [-0.39, 0.29) is 0 Å². The summed E-state index contributed by atoms with van der Waals surface area (Å²) in [6.07, 6.45) is 13.7. The molecule has 4 N–H and O–H groups in total. The van der Waals surface area contributed by atoms with Crippen molar-refractivity contribution in [3.05, 3.63) is 0 Å². The van der Waals surface area contributed by atoms with Crippen molar-refractivity contribution in [3.8, 4) is 0 Å². The first-order valence-electron chi connectivity index (χ1n) is 52.3. The van der Waals surface area contributed by atoms with E-state index < -0.39 is 0 Å². The predicted molar refractivity (Wildman–Crippen MR) is 540 cm³/mol. The van der Waals surface area contributed by atoms with Gasteiger partial charge in [-0.05, 0) is 378 Å². The first kappa shape index (κ1) is 116. The zero-order valence-electron chi connectivity index (χ0n) is 89.8. The molecular formula is C106H223N15O. The molecule has 16 nitrogen and oxygen atoms in total. The predicted octanol–water partition coefficient (Wildman–Crippen LogP) is 19.1. The number of rotatable bonds is 26. The molecule has 0 aromatic heterocycles. The number of nitrogens with two attached hydrogens (primary N) is 1. The first-order valence-corrected chi connectivity index (χ1v) is 52.3. The molecule has 0 aromatic rings. The number of hydrogen-bond acceptors (Lipinski definition) is 16. The van der Waals surface area contributed by atoms with E-state index in [1.54, 1.807) is 0 Å². The number of nitrogens with one attached hydrogen (secondary N) is 1. The molecule has 16 heteroatoms. The van der Waals surface area contributed by atoms with E-state index in [9.17, 15) is 5.11 Å². The Morgan fingerprint density at radius 1 is 0.320 bits per heavy atom. The maximum atomic E-state index is 9.32. The summed E-state index contributed by atoms with van der Waals surface area (Å²) in [7, 11) is 6.55. The number of aliphatic hydroxyl groups is 1. The minimum Gasteiger partial charge on any atom is -0.396 e. The number of nitrogens with zero attached hydrogens (tertiary/aromatic N) is 13. The third kappa shape index (κ3) is 41.2. The summed E-state index contributed by atoms with van der Waals surface area (Å²) in [5, 5.41) is 12.8. The molecule has 0 aromatic carbocycles. The molecule has 1 spiro atoms. The van der Waals surface area contributed by atoms with Gasteiger partial charge in [-0.15, -0.1) is 0 Å². The second-order valence-electron chi connectivity index (χ2n) is 48.2. The van der Waals surface area contributed by atoms with Crippen LogP contribution < -0.4 is 11.1 Å². The van der Waals surface area contributed by atoms with Crippen LogP contribution in [0.25, 0.3) is 0 Å². The molecule has 0 saturated carbocycles. The Kier molecular flexibility index (Phi) is 54.0. The summed E-state index contributed by atoms with van der Waals surface area (Å²) < 4.78 is 0. The molecule has 0 amide bonds. The molecular weight excluding hydrogens is 1500 g/mol. The number of aliphatic hydroxyl groups excluding tert-OH is 1. The Morgan fingerprint density at radius 2 is 0.623 bits per heavy atom. The lowest BCUT2D eigenvalue weighted by atomic mass is 9.81. The van der Waals surface area contributed by atoms with Gasteiger partial charge in [-0.1, -0.05) is 90.0 Å². The smallest absolute Gasteiger partial charge is 0.0474 e. The number of fused-ring (bicyclic) bond motifs is 1. The fraction of sp³-hybridized carbons (Fsp3) is 1.00. The largest absolute Gasteiger partial charge is 0.396 e. The Balaban J connectivity index is 0.000000355. The quantitative estimate of drug-likeness (QED) is 0.0765. The van der Waals surface area contributed by atoms with Crippen molar-refractivity contribution in [1.82, 2.24) is 69.0 Å². The second-order valence-corrected chi connectivity index (χ2v) is 48.2. The van der Waals surface area contributed by atoms with Crippen LogP contribution in [0.4, 0.5) is 0 Å². The molecule has 728 valence electrons. The number of hydrogen-bond donors (Lipinski definition) is 3. The molecule has 0 bridgehead atoms. The zero-order valence-corrected chi connectivity index (χ0v) is 89.8. The van der Waals surface area contributed by atoms with Gasteiger partial charge in [0.2, 0.25) is 0 Å². The average molecular weight is 1720 g/mol. The van der Waals surface area contributed by atoms with E-state index in [2.05, 4.69) is 346 Å². The van der Waals surface area contributed by atoms with E-state index in [4.69, 9.17) is 5.73 Å². The van der Waals surface area contributed by atoms with Gasteiger partial charge in [-0.25, -0.2) is 0 Å². The monoisotopic (exact) mass is 1720 g/mol. The summed E-state index contributed by atoms with van der Waals surface area (Å²) in [5.41, 5.74) is 7.36. The maximum absolute atomic E-state index is 9.32. The van der Waals surface area contributed by atoms with Crippen molar-refractivity contribution in [3.63, 3.8) is 0 Å². The van der Waals surface area contributed by atoms with E-state index in [1.807, 2.05) is 0 Å². The molecule has 0 radical (unpaired) electrons. The van der Waals surface area contributed by atoms with Crippen molar-refractivity contribution in [2.24, 2.45) is 99.4 Å². The summed E-state index contributed by atoms with van der Waals surface area (Å²) in [6, 6.07) is 10.4. The van der Waals surface area contributed by atoms with Gasteiger partial charge in [0.1, 0.15) is 0 Å². The molecule has 0 aliphatic carbocycles. The van der Waals surface area contributed by atoms with Crippen LogP contribution in [0.3, 0.4) is 0 Å². The van der Waals surface area contributed by atoms with Crippen LogP contribution in [-0.4, -0.2) is 344 Å². The third-order valence-electron chi connectivity index (χ3n) is 31.0. The highest BCUT2D eigenvalue weighted by Gasteiger charge is 2.46. The Hall–Kier alpha value is -0.640. The molecule has 11 rings (SSSR count). The fourth-order valence-corrected chi connectivity index (χ4v) is 22.5. The van der Waals surface area contributed by atoms with Gasteiger partial charge in [-0.2, -0.15) is 0 Å². The highest BCUT2D eigenvalue weighted by molar-refractivity contribution is 5.00. The van der Waals surface area contributed by atoms with Gasteiger partial charge in [0.25, 0.3) is 0 Å². The summed E-state index contributed by atoms with van der Waals surface area (Å²) >= 11 is 0. The molecule has 11 aliphatic rings. The second kappa shape index (κ2) is 57.1. The average Bonchev–Trinajstić information content (AvgIpc) is 1.64. The SMILES string of the molecule is CC(C)C1CCN(C(C)C)CC1.CC(C)CC1(C)CCN(C(C)C)C1.CC(C)CC1CN(C(C)C)CC1CO.CC(C)CC1CN(C(C)C)CC1N.CC(C)CC1CN(C(C)C)CC1N(C)C.CC(C)N1CC2CN(C(C)C)CC2C1.CC(C)N1CCC2(CCN(C(C)C)C2)C1.CC(C)N1CCN(C(C)C)CC1.CNC1CN(C(C)C)CC1CC(C)C. The van der Waals surface area contributed by atoms with Crippen LogP contribution in [0.2, 0.25) is 0 Å². The summed E-state index contributed by atoms with van der Waals surface area (Å²) in [4.78, 5) is 33.5. The molecule has 11 saturated heterocycles. The first-order chi connectivity index (χ1) is 56.7. The number of piperidine rings is 1. The van der Waals surface area contributed by atoms with Crippen LogP contribution in [-0.2, 0) is 0 Å². The molecule has 9 atom stereocenters. The Labute approximate surface area is 765 Å². The Morgan fingerprint density at radius 3 is 0.959 bits per heavy atom. The van der Waals surface area contributed by atoms with Crippen molar-refractivity contribution < 1.29 is 5.11 Å². The number of likely N-dealkylation sites (N-methyl/N-ethyl adjacent to an activating group) is 2. The normalized spacial score (nSPS) is 28.6. The zero-order chi connectivity index (χ0) is 92.7. The highest BCUT2D eigenvalue weighted by atomic mass is 16.3. The summed E-state index contributed by atoms with van der Waals surface area (Å²) in [6.45, 7) is 116. The van der Waals surface area contributed by atoms with Crippen LogP contribution in [0, 0.1) is 93.7 Å². The highest BCUT2D eigenvalue weighted by Crippen LogP contribution is 2.42. The van der Waals surface area contributed by atoms with Crippen molar-refractivity contribution in [1.29, 1.82) is 0 Å². The maximum Gasteiger partial charge on any atom is 0.0474 e. The molecule has 11 aliphatic heterocycles. The van der Waals surface area contributed by atoms with Gasteiger partial charge >= 0.3 is 0 Å². The third-order valence-corrected chi connectivity index (χ3v) is 31.0. The van der Waals surface area contributed by atoms with E-state index in [1.165, 1.54) is 208 Å². The minimum absolute atomic E-state index is 0.362. The van der Waals surface area contributed by atoms with Gasteiger partial charge in [0.05, 0.1) is 0 Å². The van der Waals surface area contributed by atoms with Crippen LogP contribution in [0.5, 0.6) is 0 Å². The van der Waals surface area contributed by atoms with Gasteiger partial charge in [0, 0.05) is 222 Å². The van der Waals surface area contributed by atoms with E-state index in [0.29, 0.717) is 65.5 Å². The number of piperazine rings is 1. The van der Waals surface area contributed by atoms with Crippen molar-refractivity contribution >= 4 is 0 Å². The van der Waals surface area contributed by atoms with Gasteiger partial charge in [0.15, 0.2) is 0 Å². The standard InChI is InChI=1S/C13H26N2.C13H28N2.C12H24N2.C12H26N2.C12H25NO.C12H25N.C11H24N2.C11H23N.C10H22N2/c1-11(2)14-7-5-13(9-14)6-8-15(10-13)12(3)4;1-10(2)7-12-8-15(11(3)4)9-13(12)14(5)6;1-9(2)13-5-11-7-14(10(3)4)8-12(11)6-13;1-9(2)6-11-7-14(10(3)4)8-12(11)13-5;1-9(2)5-11-6-13(10(3)4)7-12(11)8-14;1-10(2)8-12(5)6-7-13(9-12)11(3)4;1-8(2)5-10-6-13(9(3)4)7-11(10)12;2*1-9(2)11-5-7-12(8-6-11)10(3)4/h11-12H,5-10H2,1-4H3;10-13H,7-9H2,1-6H3;9-12H,5-8H2,1-4H3;9-13H,6-8H2,1-5H3;9-12,14H,5-8H2,1-4H3;10-11H,6-9H2,1-5H3;8-11H,5-7,12H2,1-4H3;9-11H,5-8H2,1-4H3;9-10H,5-8H2,1-4H3. The van der Waals surface area contributed by atoms with E-state index >= 15 is 0 Å². The van der Waals surface area contributed by atoms with Crippen LogP contribution in [0.15, 0.2) is 0 Å². The fourth-order valence-electron chi connectivity index (χ4n) is 22.5. The lowest BCUT2D eigenvalue weighted by molar-refractivity contribution is 0.0887. The van der Waals surface area contributed by atoms with Crippen LogP contribution in [0.1, 0.15) is 320 Å². The molecule has 11 heterocycles. The Bertz CT molecular complexity index is 2440. The van der Waals surface area contributed by atoms with Gasteiger partial charge < -0.3 is 55.4 Å². The lowest BCUT2D eigenvalue weighted by Gasteiger charge is -2.38.